The predicted molar refractivity (Wildman–Crippen MR) is 409 cm³/mol. The molecule has 0 aromatic carbocycles. The van der Waals surface area contributed by atoms with Crippen LogP contribution in [0.15, 0.2) is 0 Å². The third-order valence-electron chi connectivity index (χ3n) is 19.1. The summed E-state index contributed by atoms with van der Waals surface area (Å²) in [5.74, 6) is -2.10. The van der Waals surface area contributed by atoms with Gasteiger partial charge in [-0.1, -0.05) is 387 Å². The zero-order chi connectivity index (χ0) is 73.2. The quantitative estimate of drug-likeness (QED) is 0.0222. The van der Waals surface area contributed by atoms with Crippen molar-refractivity contribution >= 4 is 39.5 Å². The van der Waals surface area contributed by atoms with Gasteiger partial charge >= 0.3 is 39.5 Å². The molecule has 0 bridgehead atoms. The molecule has 19 heteroatoms. The van der Waals surface area contributed by atoms with E-state index in [1.54, 1.807) is 0 Å². The van der Waals surface area contributed by atoms with E-state index < -0.39 is 97.5 Å². The largest absolute Gasteiger partial charge is 0.472 e. The SMILES string of the molecule is CCCCCCCCCCCCCCCCCCCCCCC(=O)O[C@H](COC(=O)CCCCCCCCCCCCCCCCC)COP(=O)(O)OC[C@@H](O)COP(=O)(O)OC[C@@H](COC(=O)CCCCCCCCCCCCCC)OC(=O)CCCCCCCCCCCCCCC. The van der Waals surface area contributed by atoms with E-state index in [2.05, 4.69) is 27.7 Å². The maximum absolute atomic E-state index is 13.1. The molecule has 0 amide bonds. The first kappa shape index (κ1) is 98.1. The van der Waals surface area contributed by atoms with E-state index in [1.807, 2.05) is 0 Å². The zero-order valence-corrected chi connectivity index (χ0v) is 67.0. The Bertz CT molecular complexity index is 1890. The normalized spacial score (nSPS) is 13.8. The Morgan fingerprint density at radius 2 is 0.400 bits per heavy atom. The third kappa shape index (κ3) is 74.3. The third-order valence-corrected chi connectivity index (χ3v) is 21.0. The van der Waals surface area contributed by atoms with Crippen LogP contribution in [0.2, 0.25) is 0 Å². The second-order valence-electron chi connectivity index (χ2n) is 29.2. The summed E-state index contributed by atoms with van der Waals surface area (Å²) in [5.41, 5.74) is 0. The molecule has 3 N–H and O–H groups in total. The summed E-state index contributed by atoms with van der Waals surface area (Å²) in [5, 5.41) is 10.6. The number of unbranched alkanes of at least 4 members (excludes halogenated alkanes) is 56. The first-order valence-electron chi connectivity index (χ1n) is 42.3. The fraction of sp³-hybridized carbons (Fsp3) is 0.951. The molecule has 0 rings (SSSR count). The van der Waals surface area contributed by atoms with E-state index in [0.717, 1.165) is 89.9 Å². The molecule has 594 valence electrons. The molecule has 0 saturated heterocycles. The number of hydrogen-bond acceptors (Lipinski definition) is 15. The van der Waals surface area contributed by atoms with Gasteiger partial charge in [0.05, 0.1) is 26.4 Å². The molecular weight excluding hydrogens is 1310 g/mol. The van der Waals surface area contributed by atoms with E-state index in [0.29, 0.717) is 25.7 Å². The molecule has 0 saturated carbocycles. The number of rotatable bonds is 82. The standard InChI is InChI=1S/C81H158O17P2/c1-5-9-13-17-21-25-29-33-35-36-37-38-39-41-44-48-52-56-60-64-68-81(86)98-77(72-92-79(84)66-62-58-54-50-46-43-40-34-30-26-22-18-14-10-6-2)74-96-100(89,90)94-70-75(82)69-93-99(87,88)95-73-76(71-91-78(83)65-61-57-53-49-45-32-28-24-20-16-12-8-4)97-80(85)67-63-59-55-51-47-42-31-27-23-19-15-11-7-3/h75-77,82H,5-74H2,1-4H3,(H,87,88)(H,89,90)/t75-,76+,77+/m0/s1. The second kappa shape index (κ2) is 75.3. The highest BCUT2D eigenvalue weighted by Gasteiger charge is 2.30. The highest BCUT2D eigenvalue weighted by atomic mass is 31.2. The summed E-state index contributed by atoms with van der Waals surface area (Å²) in [6.07, 6.45) is 67.8. The summed E-state index contributed by atoms with van der Waals surface area (Å²) in [7, 11) is -9.92. The molecule has 0 heterocycles. The van der Waals surface area contributed by atoms with E-state index >= 15 is 0 Å². The first-order chi connectivity index (χ1) is 48.7. The molecule has 0 fully saturated rings. The molecule has 0 radical (unpaired) electrons. The van der Waals surface area contributed by atoms with Crippen LogP contribution in [0.5, 0.6) is 0 Å². The fourth-order valence-electron chi connectivity index (χ4n) is 12.6. The molecule has 0 aromatic rings. The smallest absolute Gasteiger partial charge is 0.462 e. The van der Waals surface area contributed by atoms with E-state index in [-0.39, 0.29) is 25.7 Å². The number of ether oxygens (including phenoxy) is 4. The number of hydrogen-bond donors (Lipinski definition) is 3. The lowest BCUT2D eigenvalue weighted by Crippen LogP contribution is -2.30. The Kier molecular flexibility index (Phi) is 73.8. The van der Waals surface area contributed by atoms with Gasteiger partial charge in [0.25, 0.3) is 0 Å². The van der Waals surface area contributed by atoms with Crippen LogP contribution in [0.25, 0.3) is 0 Å². The molecule has 0 aromatic heterocycles. The maximum Gasteiger partial charge on any atom is 0.472 e. The summed E-state index contributed by atoms with van der Waals surface area (Å²) in [4.78, 5) is 73.0. The predicted octanol–water partition coefficient (Wildman–Crippen LogP) is 24.6. The van der Waals surface area contributed by atoms with E-state index in [9.17, 15) is 43.2 Å². The number of carbonyl (C=O) groups excluding carboxylic acids is 4. The van der Waals surface area contributed by atoms with Crippen molar-refractivity contribution < 1.29 is 80.2 Å². The first-order valence-corrected chi connectivity index (χ1v) is 45.3. The van der Waals surface area contributed by atoms with Crippen molar-refractivity contribution in [3.8, 4) is 0 Å². The van der Waals surface area contributed by atoms with Crippen LogP contribution in [0.3, 0.4) is 0 Å². The van der Waals surface area contributed by atoms with Gasteiger partial charge in [-0.3, -0.25) is 37.3 Å². The van der Waals surface area contributed by atoms with Crippen molar-refractivity contribution in [1.29, 1.82) is 0 Å². The highest BCUT2D eigenvalue weighted by molar-refractivity contribution is 7.47. The summed E-state index contributed by atoms with van der Waals surface area (Å²) >= 11 is 0. The number of aliphatic hydroxyl groups is 1. The molecule has 5 atom stereocenters. The minimum absolute atomic E-state index is 0.109. The van der Waals surface area contributed by atoms with Crippen molar-refractivity contribution in [2.45, 2.75) is 457 Å². The molecule has 100 heavy (non-hydrogen) atoms. The van der Waals surface area contributed by atoms with Gasteiger partial charge in [-0.15, -0.1) is 0 Å². The van der Waals surface area contributed by atoms with Crippen molar-refractivity contribution in [3.63, 3.8) is 0 Å². The lowest BCUT2D eigenvalue weighted by molar-refractivity contribution is -0.161. The average molecular weight is 1470 g/mol. The fourth-order valence-corrected chi connectivity index (χ4v) is 14.2. The molecule has 0 aliphatic carbocycles. The number of aliphatic hydroxyl groups excluding tert-OH is 1. The van der Waals surface area contributed by atoms with Crippen LogP contribution in [-0.2, 0) is 65.4 Å². The summed E-state index contributed by atoms with van der Waals surface area (Å²) in [6, 6.07) is 0. The molecule has 0 aliphatic rings. The lowest BCUT2D eigenvalue weighted by atomic mass is 10.0. The Morgan fingerprint density at radius 3 is 0.590 bits per heavy atom. The molecule has 0 spiro atoms. The minimum Gasteiger partial charge on any atom is -0.462 e. The maximum atomic E-state index is 13.1. The average Bonchev–Trinajstić information content (AvgIpc) is 0.933. The molecule has 2 unspecified atom stereocenters. The van der Waals surface area contributed by atoms with Gasteiger partial charge in [-0.2, -0.15) is 0 Å². The van der Waals surface area contributed by atoms with Crippen molar-refractivity contribution in [3.05, 3.63) is 0 Å². The topological polar surface area (TPSA) is 237 Å². The van der Waals surface area contributed by atoms with Gasteiger partial charge in [0, 0.05) is 25.7 Å². The van der Waals surface area contributed by atoms with Crippen LogP contribution in [0.4, 0.5) is 0 Å². The van der Waals surface area contributed by atoms with E-state index in [4.69, 9.17) is 37.0 Å². The summed E-state index contributed by atoms with van der Waals surface area (Å²) < 4.78 is 68.7. The molecular formula is C81H158O17P2. The van der Waals surface area contributed by atoms with Gasteiger partial charge < -0.3 is 33.8 Å². The lowest BCUT2D eigenvalue weighted by Gasteiger charge is -2.21. The summed E-state index contributed by atoms with van der Waals surface area (Å²) in [6.45, 7) is 5.03. The zero-order valence-electron chi connectivity index (χ0n) is 65.2. The van der Waals surface area contributed by atoms with Crippen molar-refractivity contribution in [2.24, 2.45) is 0 Å². The van der Waals surface area contributed by atoms with Crippen LogP contribution >= 0.6 is 15.6 Å². The van der Waals surface area contributed by atoms with Crippen LogP contribution in [0.1, 0.15) is 439 Å². The van der Waals surface area contributed by atoms with Gasteiger partial charge in [0.15, 0.2) is 12.2 Å². The number of esters is 4. The van der Waals surface area contributed by atoms with Gasteiger partial charge in [0.1, 0.15) is 19.3 Å². The Labute approximate surface area is 613 Å². The number of carbonyl (C=O) groups is 4. The Hall–Kier alpha value is -1.94. The number of phosphoric ester groups is 2. The van der Waals surface area contributed by atoms with Crippen molar-refractivity contribution in [2.75, 3.05) is 39.6 Å². The van der Waals surface area contributed by atoms with Crippen molar-refractivity contribution in [1.82, 2.24) is 0 Å². The monoisotopic (exact) mass is 1470 g/mol. The number of phosphoric acid groups is 2. The van der Waals surface area contributed by atoms with Crippen LogP contribution in [0, 0.1) is 0 Å². The molecule has 17 nitrogen and oxygen atoms in total. The molecule has 0 aliphatic heterocycles. The van der Waals surface area contributed by atoms with E-state index in [1.165, 1.54) is 270 Å². The van der Waals surface area contributed by atoms with Crippen LogP contribution < -0.4 is 0 Å². The highest BCUT2D eigenvalue weighted by Crippen LogP contribution is 2.45. The van der Waals surface area contributed by atoms with Gasteiger partial charge in [-0.25, -0.2) is 9.13 Å². The Morgan fingerprint density at radius 1 is 0.240 bits per heavy atom. The van der Waals surface area contributed by atoms with Crippen LogP contribution in [-0.4, -0.2) is 96.7 Å². The Balaban J connectivity index is 5.23. The minimum atomic E-state index is -4.96. The van der Waals surface area contributed by atoms with Gasteiger partial charge in [-0.05, 0) is 25.7 Å². The second-order valence-corrected chi connectivity index (χ2v) is 32.1. The van der Waals surface area contributed by atoms with Gasteiger partial charge in [0.2, 0.25) is 0 Å².